The van der Waals surface area contributed by atoms with Crippen LogP contribution in [0.4, 0.5) is 18.9 Å². The Hall–Kier alpha value is -1.99. The van der Waals surface area contributed by atoms with Gasteiger partial charge in [-0.05, 0) is 19.9 Å². The minimum atomic E-state index is -4.47. The molecule has 0 spiro atoms. The number of hydrogen-bond acceptors (Lipinski definition) is 3. The van der Waals surface area contributed by atoms with Crippen molar-refractivity contribution in [2.45, 2.75) is 26.6 Å². The highest BCUT2D eigenvalue weighted by Crippen LogP contribution is 2.29. The Morgan fingerprint density at radius 3 is 2.50 bits per heavy atom. The molecule has 5 nitrogen and oxygen atoms in total. The van der Waals surface area contributed by atoms with E-state index in [1.54, 1.807) is 6.92 Å². The Kier molecular flexibility index (Phi) is 2.80. The van der Waals surface area contributed by atoms with Crippen molar-refractivity contribution in [2.75, 3.05) is 5.73 Å². The molecule has 0 saturated carbocycles. The van der Waals surface area contributed by atoms with Gasteiger partial charge in [0, 0.05) is 12.7 Å². The maximum absolute atomic E-state index is 12.5. The molecule has 2 aromatic heterocycles. The summed E-state index contributed by atoms with van der Waals surface area (Å²) in [5.41, 5.74) is 5.74. The van der Waals surface area contributed by atoms with Crippen LogP contribution in [0.3, 0.4) is 0 Å². The largest absolute Gasteiger partial charge is 0.435 e. The molecule has 0 amide bonds. The lowest BCUT2D eigenvalue weighted by atomic mass is 10.4. The zero-order valence-corrected chi connectivity index (χ0v) is 9.86. The molecule has 0 unspecified atom stereocenters. The first kappa shape index (κ1) is 12.5. The number of nitrogens with zero attached hydrogens (tertiary/aromatic N) is 4. The van der Waals surface area contributed by atoms with Gasteiger partial charge in [0.05, 0.1) is 11.4 Å². The van der Waals surface area contributed by atoms with Gasteiger partial charge in [0.2, 0.25) is 0 Å². The number of halogens is 3. The van der Waals surface area contributed by atoms with Gasteiger partial charge < -0.3 is 5.73 Å². The van der Waals surface area contributed by atoms with E-state index in [0.717, 1.165) is 10.7 Å². The van der Waals surface area contributed by atoms with Crippen LogP contribution in [0.15, 0.2) is 12.3 Å². The molecule has 0 fully saturated rings. The van der Waals surface area contributed by atoms with Gasteiger partial charge in [-0.15, -0.1) is 0 Å². The minimum absolute atomic E-state index is 0.327. The van der Waals surface area contributed by atoms with Crippen molar-refractivity contribution < 1.29 is 13.2 Å². The maximum Gasteiger partial charge on any atom is 0.435 e. The average Bonchev–Trinajstić information content (AvgIpc) is 2.84. The minimum Gasteiger partial charge on any atom is -0.394 e. The number of aryl methyl sites for hydroxylation is 2. The highest BCUT2D eigenvalue weighted by molar-refractivity contribution is 5.56. The summed E-state index contributed by atoms with van der Waals surface area (Å²) in [4.78, 5) is 0. The second-order valence-corrected chi connectivity index (χ2v) is 3.78. The van der Waals surface area contributed by atoms with Crippen LogP contribution in [0.5, 0.6) is 0 Å². The van der Waals surface area contributed by atoms with Crippen molar-refractivity contribution in [3.8, 4) is 5.82 Å². The number of nitrogen functional groups attached to an aromatic ring is 1. The molecule has 0 radical (unpaired) electrons. The number of aromatic nitrogens is 4. The molecule has 8 heteroatoms. The predicted octanol–water partition coefficient (Wildman–Crippen LogP) is 2.00. The van der Waals surface area contributed by atoms with Gasteiger partial charge in [-0.2, -0.15) is 23.4 Å². The van der Waals surface area contributed by atoms with E-state index in [2.05, 4.69) is 10.2 Å². The van der Waals surface area contributed by atoms with E-state index >= 15 is 0 Å². The van der Waals surface area contributed by atoms with Gasteiger partial charge in [0.1, 0.15) is 0 Å². The molecule has 2 heterocycles. The highest BCUT2D eigenvalue weighted by Gasteiger charge is 2.34. The first-order valence-corrected chi connectivity index (χ1v) is 5.30. The molecule has 18 heavy (non-hydrogen) atoms. The first-order valence-electron chi connectivity index (χ1n) is 5.30. The molecule has 0 aliphatic rings. The summed E-state index contributed by atoms with van der Waals surface area (Å²) in [6, 6.07) is 0.905. The van der Waals surface area contributed by atoms with Gasteiger partial charge in [0.15, 0.2) is 11.5 Å². The van der Waals surface area contributed by atoms with E-state index in [4.69, 9.17) is 5.73 Å². The summed E-state index contributed by atoms with van der Waals surface area (Å²) in [6.07, 6.45) is -3.24. The van der Waals surface area contributed by atoms with E-state index in [1.807, 2.05) is 6.92 Å². The van der Waals surface area contributed by atoms with Crippen molar-refractivity contribution in [2.24, 2.45) is 0 Å². The molecular weight excluding hydrogens is 247 g/mol. The lowest BCUT2D eigenvalue weighted by Crippen LogP contribution is -2.11. The Balaban J connectivity index is 2.52. The summed E-state index contributed by atoms with van der Waals surface area (Å²) in [5.74, 6) is 0.352. The van der Waals surface area contributed by atoms with E-state index < -0.39 is 11.9 Å². The summed E-state index contributed by atoms with van der Waals surface area (Å²) in [5, 5.41) is 7.61. The van der Waals surface area contributed by atoms with E-state index in [9.17, 15) is 13.2 Å². The van der Waals surface area contributed by atoms with Crippen LogP contribution in [0.1, 0.15) is 18.3 Å². The Morgan fingerprint density at radius 1 is 1.33 bits per heavy atom. The SMILES string of the molecule is CCn1nc(C)c(N)c1-n1ccc(C(F)(F)F)n1. The molecule has 2 rings (SSSR count). The Labute approximate surface area is 101 Å². The van der Waals surface area contributed by atoms with Crippen molar-refractivity contribution >= 4 is 5.69 Å². The van der Waals surface area contributed by atoms with Gasteiger partial charge in [0.25, 0.3) is 0 Å². The van der Waals surface area contributed by atoms with Gasteiger partial charge >= 0.3 is 6.18 Å². The van der Waals surface area contributed by atoms with Crippen LogP contribution in [-0.4, -0.2) is 19.6 Å². The van der Waals surface area contributed by atoms with Crippen LogP contribution in [0, 0.1) is 6.92 Å². The number of anilines is 1. The van der Waals surface area contributed by atoms with Gasteiger partial charge in [-0.3, -0.25) is 0 Å². The summed E-state index contributed by atoms with van der Waals surface area (Å²) >= 11 is 0. The van der Waals surface area contributed by atoms with Crippen molar-refractivity contribution in [3.05, 3.63) is 23.7 Å². The van der Waals surface area contributed by atoms with Crippen LogP contribution in [-0.2, 0) is 12.7 Å². The Morgan fingerprint density at radius 2 is 2.00 bits per heavy atom. The molecular formula is C10H12F3N5. The molecule has 0 atom stereocenters. The van der Waals surface area contributed by atoms with Crippen molar-refractivity contribution in [1.29, 1.82) is 0 Å². The zero-order chi connectivity index (χ0) is 13.5. The van der Waals surface area contributed by atoms with Gasteiger partial charge in [-0.1, -0.05) is 0 Å². The molecule has 98 valence electrons. The van der Waals surface area contributed by atoms with E-state index in [1.165, 1.54) is 10.9 Å². The lowest BCUT2D eigenvalue weighted by molar-refractivity contribution is -0.141. The fourth-order valence-electron chi connectivity index (χ4n) is 1.64. The lowest BCUT2D eigenvalue weighted by Gasteiger charge is -2.06. The Bertz CT molecular complexity index is 567. The molecule has 2 N–H and O–H groups in total. The molecule has 0 bridgehead atoms. The topological polar surface area (TPSA) is 61.7 Å². The third-order valence-corrected chi connectivity index (χ3v) is 2.54. The second kappa shape index (κ2) is 4.04. The van der Waals surface area contributed by atoms with Crippen LogP contribution >= 0.6 is 0 Å². The fourth-order valence-corrected chi connectivity index (χ4v) is 1.64. The second-order valence-electron chi connectivity index (χ2n) is 3.78. The summed E-state index contributed by atoms with van der Waals surface area (Å²) < 4.78 is 40.0. The van der Waals surface area contributed by atoms with Crippen LogP contribution < -0.4 is 5.73 Å². The van der Waals surface area contributed by atoms with Crippen molar-refractivity contribution in [1.82, 2.24) is 19.6 Å². The third kappa shape index (κ3) is 1.93. The normalized spacial score (nSPS) is 12.1. The predicted molar refractivity (Wildman–Crippen MR) is 59.2 cm³/mol. The number of hydrogen-bond donors (Lipinski definition) is 1. The quantitative estimate of drug-likeness (QED) is 0.897. The first-order chi connectivity index (χ1) is 8.34. The monoisotopic (exact) mass is 259 g/mol. The summed E-state index contributed by atoms with van der Waals surface area (Å²) in [6.45, 7) is 4.01. The molecule has 2 aromatic rings. The fraction of sp³-hybridized carbons (Fsp3) is 0.400. The molecule has 0 aromatic carbocycles. The molecule has 0 saturated heterocycles. The number of alkyl halides is 3. The van der Waals surface area contributed by atoms with Crippen molar-refractivity contribution in [3.63, 3.8) is 0 Å². The molecule has 0 aliphatic carbocycles. The number of nitrogens with two attached hydrogens (primary N) is 1. The number of rotatable bonds is 2. The van der Waals surface area contributed by atoms with E-state index in [0.29, 0.717) is 23.7 Å². The van der Waals surface area contributed by atoms with E-state index in [-0.39, 0.29) is 0 Å². The highest BCUT2D eigenvalue weighted by atomic mass is 19.4. The average molecular weight is 259 g/mol. The zero-order valence-electron chi connectivity index (χ0n) is 9.86. The maximum atomic E-state index is 12.5. The van der Waals surface area contributed by atoms with Crippen LogP contribution in [0.2, 0.25) is 0 Å². The third-order valence-electron chi connectivity index (χ3n) is 2.54. The van der Waals surface area contributed by atoms with Crippen LogP contribution in [0.25, 0.3) is 5.82 Å². The van der Waals surface area contributed by atoms with Gasteiger partial charge in [-0.25, -0.2) is 9.36 Å². The standard InChI is InChI=1S/C10H12F3N5/c1-3-17-9(8(14)6(2)15-17)18-5-4-7(16-18)10(11,12)13/h4-5H,3,14H2,1-2H3. The summed E-state index contributed by atoms with van der Waals surface area (Å²) in [7, 11) is 0. The molecule has 0 aliphatic heterocycles. The smallest absolute Gasteiger partial charge is 0.394 e.